The Bertz CT molecular complexity index is 463. The maximum Gasteiger partial charge on any atom is 0.225 e. The molecule has 2 aliphatic rings. The normalized spacial score (nSPS) is 22.7. The third-order valence-corrected chi connectivity index (χ3v) is 4.89. The Morgan fingerprint density at radius 3 is 2.64 bits per heavy atom. The summed E-state index contributed by atoms with van der Waals surface area (Å²) < 4.78 is 5.61. The molecule has 0 aliphatic carbocycles. The highest BCUT2D eigenvalue weighted by Crippen LogP contribution is 2.25. The van der Waals surface area contributed by atoms with Crippen LogP contribution in [0.15, 0.2) is 30.3 Å². The summed E-state index contributed by atoms with van der Waals surface area (Å²) in [5, 5.41) is 3.60. The van der Waals surface area contributed by atoms with Crippen LogP contribution in [0.4, 0.5) is 0 Å². The number of likely N-dealkylation sites (tertiary alicyclic amines) is 1. The molecular weight excluding hydrogens is 276 g/mol. The average Bonchev–Trinajstić information content (AvgIpc) is 3.10. The van der Waals surface area contributed by atoms with Gasteiger partial charge in [-0.2, -0.15) is 0 Å². The molecule has 1 aromatic rings. The van der Waals surface area contributed by atoms with Crippen LogP contribution in [0.3, 0.4) is 0 Å². The average molecular weight is 302 g/mol. The molecule has 2 saturated heterocycles. The minimum Gasteiger partial charge on any atom is -0.493 e. The number of carbonyl (C=O) groups is 1. The summed E-state index contributed by atoms with van der Waals surface area (Å²) in [6.07, 6.45) is 5.37. The summed E-state index contributed by atoms with van der Waals surface area (Å²) in [6.45, 7) is 3.45. The van der Waals surface area contributed by atoms with E-state index in [9.17, 15) is 4.79 Å². The summed E-state index contributed by atoms with van der Waals surface area (Å²) in [5.74, 6) is 1.82. The predicted octanol–water partition coefficient (Wildman–Crippen LogP) is 2.45. The van der Waals surface area contributed by atoms with Gasteiger partial charge in [0.2, 0.25) is 5.91 Å². The fourth-order valence-electron chi connectivity index (χ4n) is 3.60. The molecule has 1 unspecified atom stereocenters. The van der Waals surface area contributed by atoms with Gasteiger partial charge >= 0.3 is 0 Å². The zero-order valence-corrected chi connectivity index (χ0v) is 13.2. The Morgan fingerprint density at radius 1 is 1.18 bits per heavy atom. The molecule has 0 bridgehead atoms. The minimum atomic E-state index is 0.230. The van der Waals surface area contributed by atoms with Crippen LogP contribution < -0.4 is 10.1 Å². The molecule has 0 aromatic heterocycles. The third kappa shape index (κ3) is 4.01. The van der Waals surface area contributed by atoms with Gasteiger partial charge in [-0.15, -0.1) is 0 Å². The molecule has 0 saturated carbocycles. The first-order valence-electron chi connectivity index (χ1n) is 8.52. The lowest BCUT2D eigenvalue weighted by atomic mass is 9.88. The van der Waals surface area contributed by atoms with E-state index in [1.54, 1.807) is 0 Å². The van der Waals surface area contributed by atoms with Crippen molar-refractivity contribution in [2.24, 2.45) is 5.92 Å². The summed E-state index contributed by atoms with van der Waals surface area (Å²) in [4.78, 5) is 14.3. The number of ether oxygens (including phenoxy) is 1. The molecule has 1 atom stereocenters. The van der Waals surface area contributed by atoms with Gasteiger partial charge in [0.1, 0.15) is 5.75 Å². The topological polar surface area (TPSA) is 41.6 Å². The molecule has 0 spiro atoms. The summed E-state index contributed by atoms with van der Waals surface area (Å²) in [7, 11) is 0. The van der Waals surface area contributed by atoms with E-state index in [-0.39, 0.29) is 5.91 Å². The summed E-state index contributed by atoms with van der Waals surface area (Å²) >= 11 is 0. The smallest absolute Gasteiger partial charge is 0.225 e. The number of nitrogens with zero attached hydrogens (tertiary/aromatic N) is 1. The van der Waals surface area contributed by atoms with Gasteiger partial charge in [0.15, 0.2) is 0 Å². The second-order valence-corrected chi connectivity index (χ2v) is 6.33. The molecular formula is C18H26N2O2. The number of para-hydroxylation sites is 1. The Labute approximate surface area is 132 Å². The van der Waals surface area contributed by atoms with Crippen molar-refractivity contribution in [1.29, 1.82) is 0 Å². The van der Waals surface area contributed by atoms with Crippen molar-refractivity contribution in [3.05, 3.63) is 30.3 Å². The molecule has 22 heavy (non-hydrogen) atoms. The van der Waals surface area contributed by atoms with Crippen LogP contribution in [0.5, 0.6) is 5.75 Å². The van der Waals surface area contributed by atoms with Crippen LogP contribution in [0, 0.1) is 5.92 Å². The van der Waals surface area contributed by atoms with E-state index in [0.717, 1.165) is 37.6 Å². The summed E-state index contributed by atoms with van der Waals surface area (Å²) in [6, 6.07) is 10.4. The molecule has 0 radical (unpaired) electrons. The molecule has 1 aromatic carbocycles. The van der Waals surface area contributed by atoms with Gasteiger partial charge in [0.05, 0.1) is 13.0 Å². The van der Waals surface area contributed by atoms with E-state index in [4.69, 9.17) is 4.74 Å². The van der Waals surface area contributed by atoms with Crippen molar-refractivity contribution in [2.75, 3.05) is 26.2 Å². The number of benzene rings is 1. The maximum atomic E-state index is 12.2. The second-order valence-electron chi connectivity index (χ2n) is 6.33. The Morgan fingerprint density at radius 2 is 1.95 bits per heavy atom. The van der Waals surface area contributed by atoms with Crippen LogP contribution in [0.25, 0.3) is 0 Å². The lowest BCUT2D eigenvalue weighted by Gasteiger charge is -2.35. The molecule has 3 rings (SSSR count). The van der Waals surface area contributed by atoms with Crippen molar-refractivity contribution < 1.29 is 9.53 Å². The first-order chi connectivity index (χ1) is 10.8. The standard InChI is InChI=1S/C18H26N2O2/c21-18(10-14-22-16-5-2-1-3-6-16)20-12-8-15(9-13-20)17-7-4-11-19-17/h1-3,5-6,15,17,19H,4,7-14H2. The van der Waals surface area contributed by atoms with Gasteiger partial charge in [-0.1, -0.05) is 18.2 Å². The maximum absolute atomic E-state index is 12.2. The van der Waals surface area contributed by atoms with Gasteiger partial charge in [-0.05, 0) is 50.3 Å². The first kappa shape index (κ1) is 15.3. The molecule has 2 aliphatic heterocycles. The van der Waals surface area contributed by atoms with E-state index >= 15 is 0 Å². The van der Waals surface area contributed by atoms with Crippen LogP contribution in [-0.2, 0) is 4.79 Å². The van der Waals surface area contributed by atoms with Crippen LogP contribution in [-0.4, -0.2) is 43.1 Å². The van der Waals surface area contributed by atoms with E-state index < -0.39 is 0 Å². The number of nitrogens with one attached hydrogen (secondary N) is 1. The fraction of sp³-hybridized carbons (Fsp3) is 0.611. The van der Waals surface area contributed by atoms with E-state index in [2.05, 4.69) is 5.32 Å². The number of piperidine rings is 1. The lowest BCUT2D eigenvalue weighted by molar-refractivity contribution is -0.133. The van der Waals surface area contributed by atoms with Crippen molar-refractivity contribution >= 4 is 5.91 Å². The Kier molecular flexibility index (Phi) is 5.33. The highest BCUT2D eigenvalue weighted by Gasteiger charge is 2.29. The largest absolute Gasteiger partial charge is 0.493 e. The summed E-state index contributed by atoms with van der Waals surface area (Å²) in [5.41, 5.74) is 0. The Hall–Kier alpha value is -1.55. The Balaban J connectivity index is 1.36. The number of hydrogen-bond donors (Lipinski definition) is 1. The number of rotatable bonds is 5. The molecule has 1 N–H and O–H groups in total. The molecule has 2 heterocycles. The molecule has 2 fully saturated rings. The third-order valence-electron chi connectivity index (χ3n) is 4.89. The lowest BCUT2D eigenvalue weighted by Crippen LogP contribution is -2.43. The van der Waals surface area contributed by atoms with Crippen LogP contribution in [0.1, 0.15) is 32.1 Å². The zero-order chi connectivity index (χ0) is 15.2. The van der Waals surface area contributed by atoms with Gasteiger partial charge in [-0.25, -0.2) is 0 Å². The molecule has 4 heteroatoms. The van der Waals surface area contributed by atoms with Gasteiger partial charge in [0, 0.05) is 19.1 Å². The second kappa shape index (κ2) is 7.63. The predicted molar refractivity (Wildman–Crippen MR) is 86.9 cm³/mol. The number of carbonyl (C=O) groups excluding carboxylic acids is 1. The highest BCUT2D eigenvalue weighted by atomic mass is 16.5. The number of hydrogen-bond acceptors (Lipinski definition) is 3. The van der Waals surface area contributed by atoms with Crippen molar-refractivity contribution in [3.8, 4) is 5.75 Å². The van der Waals surface area contributed by atoms with Gasteiger partial charge in [-0.3, -0.25) is 4.79 Å². The van der Waals surface area contributed by atoms with Crippen LogP contribution in [0.2, 0.25) is 0 Å². The van der Waals surface area contributed by atoms with E-state index in [1.165, 1.54) is 19.4 Å². The highest BCUT2D eigenvalue weighted by molar-refractivity contribution is 5.76. The monoisotopic (exact) mass is 302 g/mol. The SMILES string of the molecule is O=C(CCOc1ccccc1)N1CCC(C2CCCN2)CC1. The zero-order valence-electron chi connectivity index (χ0n) is 13.2. The number of amides is 1. The van der Waals surface area contributed by atoms with E-state index in [0.29, 0.717) is 19.1 Å². The molecule has 120 valence electrons. The molecule has 4 nitrogen and oxygen atoms in total. The van der Waals surface area contributed by atoms with Crippen molar-refractivity contribution in [2.45, 2.75) is 38.1 Å². The minimum absolute atomic E-state index is 0.230. The molecule has 1 amide bonds. The van der Waals surface area contributed by atoms with Gasteiger partial charge < -0.3 is 15.0 Å². The van der Waals surface area contributed by atoms with Crippen molar-refractivity contribution in [1.82, 2.24) is 10.2 Å². The van der Waals surface area contributed by atoms with E-state index in [1.807, 2.05) is 35.2 Å². The first-order valence-corrected chi connectivity index (χ1v) is 8.52. The fourth-order valence-corrected chi connectivity index (χ4v) is 3.60. The van der Waals surface area contributed by atoms with Crippen LogP contribution >= 0.6 is 0 Å². The van der Waals surface area contributed by atoms with Crippen molar-refractivity contribution in [3.63, 3.8) is 0 Å². The van der Waals surface area contributed by atoms with Gasteiger partial charge in [0.25, 0.3) is 0 Å². The quantitative estimate of drug-likeness (QED) is 0.908.